The van der Waals surface area contributed by atoms with Crippen molar-refractivity contribution in [2.45, 2.75) is 49.8 Å². The third kappa shape index (κ3) is 4.69. The Kier molecular flexibility index (Phi) is 5.69. The fraction of sp³-hybridized carbons (Fsp3) is 0.360. The zero-order valence-corrected chi connectivity index (χ0v) is 19.0. The van der Waals surface area contributed by atoms with Crippen molar-refractivity contribution in [2.24, 2.45) is 5.92 Å². The van der Waals surface area contributed by atoms with Gasteiger partial charge in [-0.25, -0.2) is 23.1 Å². The van der Waals surface area contributed by atoms with Crippen LogP contribution in [0.3, 0.4) is 0 Å². The van der Waals surface area contributed by atoms with E-state index >= 15 is 0 Å². The molecular formula is C25H28N4O2S. The van der Waals surface area contributed by atoms with Crippen LogP contribution in [0.25, 0.3) is 0 Å². The predicted molar refractivity (Wildman–Crippen MR) is 126 cm³/mol. The highest BCUT2D eigenvalue weighted by Gasteiger charge is 2.25. The van der Waals surface area contributed by atoms with Crippen molar-refractivity contribution in [1.82, 2.24) is 14.7 Å². The summed E-state index contributed by atoms with van der Waals surface area (Å²) >= 11 is 0. The molecule has 7 heteroatoms. The Balaban J connectivity index is 1.31. The Bertz CT molecular complexity index is 1220. The number of sulfonamides is 1. The highest BCUT2D eigenvalue weighted by Crippen LogP contribution is 2.36. The average molecular weight is 449 g/mol. The summed E-state index contributed by atoms with van der Waals surface area (Å²) in [5.41, 5.74) is 5.84. The van der Waals surface area contributed by atoms with Crippen molar-refractivity contribution in [3.8, 4) is 0 Å². The molecule has 2 N–H and O–H groups in total. The number of fused-ring (bicyclic) bond motifs is 1. The molecule has 0 aliphatic heterocycles. The van der Waals surface area contributed by atoms with E-state index in [0.717, 1.165) is 43.5 Å². The van der Waals surface area contributed by atoms with Crippen LogP contribution >= 0.6 is 0 Å². The topological polar surface area (TPSA) is 84.0 Å². The molecule has 2 aliphatic carbocycles. The van der Waals surface area contributed by atoms with E-state index in [1.165, 1.54) is 16.7 Å². The number of anilines is 2. The van der Waals surface area contributed by atoms with Gasteiger partial charge in [-0.2, -0.15) is 0 Å². The minimum atomic E-state index is -3.47. The number of rotatable bonds is 7. The van der Waals surface area contributed by atoms with Crippen LogP contribution in [0.2, 0.25) is 0 Å². The lowest BCUT2D eigenvalue weighted by molar-refractivity contribution is 0.577. The van der Waals surface area contributed by atoms with E-state index < -0.39 is 10.0 Å². The Morgan fingerprint density at radius 3 is 2.62 bits per heavy atom. The van der Waals surface area contributed by atoms with Crippen LogP contribution in [-0.2, 0) is 16.4 Å². The SMILES string of the molecule is Cc1ccc2c(c1)CCCC2c1ccnc(Nc2ccc(S(=O)(=O)NCC3CC3)cc2)n1. The number of nitrogens with one attached hydrogen (secondary N) is 2. The lowest BCUT2D eigenvalue weighted by Crippen LogP contribution is -2.25. The molecule has 0 saturated heterocycles. The highest BCUT2D eigenvalue weighted by molar-refractivity contribution is 7.89. The van der Waals surface area contributed by atoms with Crippen LogP contribution < -0.4 is 10.0 Å². The molecule has 1 fully saturated rings. The van der Waals surface area contributed by atoms with Crippen LogP contribution in [0.15, 0.2) is 59.6 Å². The standard InChI is InChI=1S/C25H28N4O2S/c1-17-5-12-22-19(15-17)3-2-4-23(22)24-13-14-26-25(29-24)28-20-8-10-21(11-9-20)32(30,31)27-16-18-6-7-18/h5,8-15,18,23,27H,2-4,6-7,16H2,1H3,(H,26,28,29). The summed E-state index contributed by atoms with van der Waals surface area (Å²) in [5, 5.41) is 3.22. The van der Waals surface area contributed by atoms with Crippen molar-refractivity contribution in [3.05, 3.63) is 77.1 Å². The fourth-order valence-corrected chi connectivity index (χ4v) is 5.47. The first-order valence-corrected chi connectivity index (χ1v) is 12.8. The van der Waals surface area contributed by atoms with E-state index in [-0.39, 0.29) is 10.8 Å². The van der Waals surface area contributed by atoms with Crippen molar-refractivity contribution in [1.29, 1.82) is 0 Å². The van der Waals surface area contributed by atoms with Gasteiger partial charge in [0.05, 0.1) is 10.6 Å². The molecule has 1 aromatic heterocycles. The zero-order chi connectivity index (χ0) is 22.1. The summed E-state index contributed by atoms with van der Waals surface area (Å²) in [6, 6.07) is 15.4. The number of nitrogens with zero attached hydrogens (tertiary/aromatic N) is 2. The van der Waals surface area contributed by atoms with E-state index in [0.29, 0.717) is 18.4 Å². The molecule has 3 aromatic rings. The molecule has 2 aliphatic rings. The van der Waals surface area contributed by atoms with E-state index in [1.807, 2.05) is 6.07 Å². The molecule has 1 atom stereocenters. The average Bonchev–Trinajstić information content (AvgIpc) is 3.62. The van der Waals surface area contributed by atoms with Crippen LogP contribution in [-0.4, -0.2) is 24.9 Å². The molecule has 0 radical (unpaired) electrons. The number of aromatic nitrogens is 2. The van der Waals surface area contributed by atoms with Crippen LogP contribution in [0.5, 0.6) is 0 Å². The summed E-state index contributed by atoms with van der Waals surface area (Å²) in [5.74, 6) is 1.28. The minimum absolute atomic E-state index is 0.271. The lowest BCUT2D eigenvalue weighted by Gasteiger charge is -2.25. The minimum Gasteiger partial charge on any atom is -0.324 e. The Morgan fingerprint density at radius 1 is 1.03 bits per heavy atom. The summed E-state index contributed by atoms with van der Waals surface area (Å²) in [6.45, 7) is 2.66. The first kappa shape index (κ1) is 21.1. The quantitative estimate of drug-likeness (QED) is 0.548. The molecule has 5 rings (SSSR count). The number of hydrogen-bond acceptors (Lipinski definition) is 5. The van der Waals surface area contributed by atoms with Gasteiger partial charge in [0.15, 0.2) is 0 Å². The normalized spacial score (nSPS) is 18.2. The molecule has 2 aromatic carbocycles. The highest BCUT2D eigenvalue weighted by atomic mass is 32.2. The molecule has 0 spiro atoms. The van der Waals surface area contributed by atoms with Gasteiger partial charge in [0, 0.05) is 24.3 Å². The van der Waals surface area contributed by atoms with Gasteiger partial charge in [-0.05, 0) is 86.4 Å². The van der Waals surface area contributed by atoms with Gasteiger partial charge in [0.2, 0.25) is 16.0 Å². The van der Waals surface area contributed by atoms with Crippen molar-refractivity contribution in [2.75, 3.05) is 11.9 Å². The van der Waals surface area contributed by atoms with Crippen molar-refractivity contribution >= 4 is 21.7 Å². The maximum Gasteiger partial charge on any atom is 0.240 e. The smallest absolute Gasteiger partial charge is 0.240 e. The number of aryl methyl sites for hydroxylation is 2. The van der Waals surface area contributed by atoms with Gasteiger partial charge in [-0.15, -0.1) is 0 Å². The van der Waals surface area contributed by atoms with E-state index in [4.69, 9.17) is 4.98 Å². The Hall–Kier alpha value is -2.77. The molecule has 1 unspecified atom stereocenters. The van der Waals surface area contributed by atoms with E-state index in [9.17, 15) is 8.42 Å². The maximum absolute atomic E-state index is 12.4. The largest absolute Gasteiger partial charge is 0.324 e. The third-order valence-corrected chi connectivity index (χ3v) is 7.77. The van der Waals surface area contributed by atoms with Gasteiger partial charge < -0.3 is 5.32 Å². The van der Waals surface area contributed by atoms with Crippen LogP contribution in [0.4, 0.5) is 11.6 Å². The summed E-state index contributed by atoms with van der Waals surface area (Å²) in [6.07, 6.45) is 7.35. The van der Waals surface area contributed by atoms with E-state index in [2.05, 4.69) is 40.1 Å². The molecule has 1 heterocycles. The molecule has 32 heavy (non-hydrogen) atoms. The first-order chi connectivity index (χ1) is 15.5. The monoisotopic (exact) mass is 448 g/mol. The van der Waals surface area contributed by atoms with Gasteiger partial charge in [0.1, 0.15) is 0 Å². The molecule has 0 bridgehead atoms. The van der Waals surface area contributed by atoms with Crippen LogP contribution in [0, 0.1) is 12.8 Å². The Morgan fingerprint density at radius 2 is 1.84 bits per heavy atom. The molecule has 166 valence electrons. The molecule has 1 saturated carbocycles. The molecule has 0 amide bonds. The van der Waals surface area contributed by atoms with Gasteiger partial charge in [0.25, 0.3) is 0 Å². The van der Waals surface area contributed by atoms with Crippen molar-refractivity contribution in [3.63, 3.8) is 0 Å². The molecule has 6 nitrogen and oxygen atoms in total. The maximum atomic E-state index is 12.4. The second kappa shape index (κ2) is 8.64. The van der Waals surface area contributed by atoms with E-state index in [1.54, 1.807) is 30.5 Å². The molecular weight excluding hydrogens is 420 g/mol. The number of benzene rings is 2. The fourth-order valence-electron chi connectivity index (χ4n) is 4.36. The van der Waals surface area contributed by atoms with Gasteiger partial charge >= 0.3 is 0 Å². The third-order valence-electron chi connectivity index (χ3n) is 6.33. The first-order valence-electron chi connectivity index (χ1n) is 11.3. The predicted octanol–water partition coefficient (Wildman–Crippen LogP) is 4.69. The van der Waals surface area contributed by atoms with Gasteiger partial charge in [-0.1, -0.05) is 23.8 Å². The zero-order valence-electron chi connectivity index (χ0n) is 18.2. The van der Waals surface area contributed by atoms with Crippen molar-refractivity contribution < 1.29 is 8.42 Å². The number of hydrogen-bond donors (Lipinski definition) is 2. The summed E-state index contributed by atoms with van der Waals surface area (Å²) < 4.78 is 27.5. The van der Waals surface area contributed by atoms with Gasteiger partial charge in [-0.3, -0.25) is 0 Å². The summed E-state index contributed by atoms with van der Waals surface area (Å²) in [7, 11) is -3.47. The second-order valence-electron chi connectivity index (χ2n) is 8.90. The lowest BCUT2D eigenvalue weighted by atomic mass is 9.80. The van der Waals surface area contributed by atoms with Crippen LogP contribution in [0.1, 0.15) is 54.0 Å². The second-order valence-corrected chi connectivity index (χ2v) is 10.7. The Labute approximate surface area is 189 Å². The summed E-state index contributed by atoms with van der Waals surface area (Å²) in [4.78, 5) is 9.43.